The van der Waals surface area contributed by atoms with Crippen molar-refractivity contribution in [1.82, 2.24) is 15.2 Å². The third-order valence-electron chi connectivity index (χ3n) is 7.26. The molecule has 1 fully saturated rings. The Morgan fingerprint density at radius 2 is 1.89 bits per heavy atom. The number of carbonyl (C=O) groups excluding carboxylic acids is 1. The summed E-state index contributed by atoms with van der Waals surface area (Å²) < 4.78 is 35.2. The molecule has 1 N–H and O–H groups in total. The van der Waals surface area contributed by atoms with E-state index in [1.807, 2.05) is 42.5 Å². The van der Waals surface area contributed by atoms with Crippen molar-refractivity contribution in [3.8, 4) is 5.75 Å². The fourth-order valence-corrected chi connectivity index (χ4v) is 6.06. The van der Waals surface area contributed by atoms with Crippen molar-refractivity contribution in [2.24, 2.45) is 0 Å². The summed E-state index contributed by atoms with van der Waals surface area (Å²) in [5.74, 6) is 0.769. The molecule has 0 unspecified atom stereocenters. The van der Waals surface area contributed by atoms with E-state index in [4.69, 9.17) is 9.15 Å². The Kier molecular flexibility index (Phi) is 7.17. The zero-order valence-corrected chi connectivity index (χ0v) is 21.8. The zero-order chi connectivity index (χ0) is 26.0. The number of oxazole rings is 1. The van der Waals surface area contributed by atoms with Gasteiger partial charge >= 0.3 is 0 Å². The molecule has 9 heteroatoms. The topological polar surface area (TPSA) is 102 Å². The Morgan fingerprint density at radius 1 is 1.14 bits per heavy atom. The molecule has 2 aromatic carbocycles. The molecule has 0 spiro atoms. The van der Waals surface area contributed by atoms with Crippen molar-refractivity contribution in [2.45, 2.75) is 43.2 Å². The summed E-state index contributed by atoms with van der Waals surface area (Å²) in [6.45, 7) is 3.47. The van der Waals surface area contributed by atoms with Gasteiger partial charge in [-0.05, 0) is 67.2 Å². The lowest BCUT2D eigenvalue weighted by molar-refractivity contribution is 0.0925. The number of hydrogen-bond acceptors (Lipinski definition) is 7. The maximum Gasteiger partial charge on any atom is 0.289 e. The Hall–Kier alpha value is -3.43. The Bertz CT molecular complexity index is 1400. The molecular formula is C28H31N3O5S. The maximum atomic E-state index is 12.8. The van der Waals surface area contributed by atoms with Crippen LogP contribution in [0.1, 0.15) is 41.1 Å². The normalized spacial score (nSPS) is 19.7. The number of rotatable bonds is 9. The second-order valence-corrected chi connectivity index (χ2v) is 11.6. The minimum atomic E-state index is -3.28. The Morgan fingerprint density at radius 3 is 2.57 bits per heavy atom. The minimum Gasteiger partial charge on any atom is -0.492 e. The first-order valence-electron chi connectivity index (χ1n) is 12.5. The van der Waals surface area contributed by atoms with Crippen molar-refractivity contribution in [3.63, 3.8) is 0 Å². The molecule has 1 amide bonds. The second kappa shape index (κ2) is 10.5. The van der Waals surface area contributed by atoms with Crippen LogP contribution in [0.25, 0.3) is 5.57 Å². The van der Waals surface area contributed by atoms with Crippen LogP contribution in [0.15, 0.2) is 75.9 Å². The fourth-order valence-electron chi connectivity index (χ4n) is 5.43. The number of aryl methyl sites for hydroxylation is 1. The molecule has 8 nitrogen and oxygen atoms in total. The van der Waals surface area contributed by atoms with Gasteiger partial charge in [0.05, 0.1) is 10.6 Å². The molecule has 2 aliphatic heterocycles. The van der Waals surface area contributed by atoms with Crippen LogP contribution in [0.2, 0.25) is 0 Å². The molecule has 1 saturated heterocycles. The summed E-state index contributed by atoms with van der Waals surface area (Å²) in [6.07, 6.45) is 5.36. The fraction of sp³-hybridized carbons (Fsp3) is 0.357. The van der Waals surface area contributed by atoms with Crippen molar-refractivity contribution >= 4 is 21.3 Å². The number of benzene rings is 2. The zero-order valence-electron chi connectivity index (χ0n) is 21.0. The molecule has 3 heterocycles. The number of ether oxygens (including phenoxy) is 1. The number of amides is 1. The van der Waals surface area contributed by atoms with E-state index in [0.29, 0.717) is 29.8 Å². The molecule has 2 bridgehead atoms. The first-order valence-corrected chi connectivity index (χ1v) is 14.3. The molecule has 2 aliphatic rings. The van der Waals surface area contributed by atoms with Gasteiger partial charge in [-0.3, -0.25) is 9.69 Å². The highest BCUT2D eigenvalue weighted by Crippen LogP contribution is 2.42. The van der Waals surface area contributed by atoms with E-state index in [-0.39, 0.29) is 17.7 Å². The molecule has 5 rings (SSSR count). The lowest BCUT2D eigenvalue weighted by Gasteiger charge is -2.38. The molecular weight excluding hydrogens is 490 g/mol. The van der Waals surface area contributed by atoms with Crippen LogP contribution >= 0.6 is 0 Å². The Balaban J connectivity index is 1.40. The van der Waals surface area contributed by atoms with Gasteiger partial charge in [0, 0.05) is 31.4 Å². The smallest absolute Gasteiger partial charge is 0.289 e. The largest absolute Gasteiger partial charge is 0.492 e. The van der Waals surface area contributed by atoms with E-state index in [1.165, 1.54) is 18.2 Å². The number of fused-ring (bicyclic) bond motifs is 2. The monoisotopic (exact) mass is 521 g/mol. The van der Waals surface area contributed by atoms with Gasteiger partial charge in [0.1, 0.15) is 12.4 Å². The number of carbonyl (C=O) groups is 1. The van der Waals surface area contributed by atoms with E-state index < -0.39 is 9.84 Å². The second-order valence-electron chi connectivity index (χ2n) is 9.60. The Labute approximate surface area is 217 Å². The lowest BCUT2D eigenvalue weighted by atomic mass is 9.88. The lowest BCUT2D eigenvalue weighted by Crippen LogP contribution is -2.45. The van der Waals surface area contributed by atoms with E-state index >= 15 is 0 Å². The van der Waals surface area contributed by atoms with Gasteiger partial charge in [0.15, 0.2) is 16.2 Å². The number of sulfone groups is 1. The molecule has 0 radical (unpaired) electrons. The molecule has 37 heavy (non-hydrogen) atoms. The number of para-hydroxylation sites is 1. The summed E-state index contributed by atoms with van der Waals surface area (Å²) in [5.41, 5.74) is 3.85. The number of hydrogen-bond donors (Lipinski definition) is 1. The van der Waals surface area contributed by atoms with Crippen molar-refractivity contribution < 1.29 is 22.4 Å². The highest BCUT2D eigenvalue weighted by atomic mass is 32.2. The van der Waals surface area contributed by atoms with Crippen LogP contribution in [0.5, 0.6) is 5.75 Å². The number of nitrogens with zero attached hydrogens (tertiary/aromatic N) is 2. The summed E-state index contributed by atoms with van der Waals surface area (Å²) in [6, 6.07) is 17.4. The predicted molar refractivity (Wildman–Crippen MR) is 140 cm³/mol. The van der Waals surface area contributed by atoms with Gasteiger partial charge < -0.3 is 14.5 Å². The molecule has 1 aromatic heterocycles. The standard InChI is InChI=1S/C28H31N3O5S/c1-19-27(36-18-30-19)28(32)29-17-25-24(20-8-11-23(12-9-20)37(2,33)34)16-21-10-13-26(25)31(21)14-15-35-22-6-4-3-5-7-22/h3-9,11-12,18,21,26H,10,13-17H2,1-2H3,(H,29,32)/t21-,26+/m0/s1. The van der Waals surface area contributed by atoms with E-state index in [2.05, 4.69) is 15.2 Å². The van der Waals surface area contributed by atoms with Crippen molar-refractivity contribution in [1.29, 1.82) is 0 Å². The van der Waals surface area contributed by atoms with Gasteiger partial charge in [-0.15, -0.1) is 0 Å². The minimum absolute atomic E-state index is 0.166. The first kappa shape index (κ1) is 25.2. The summed E-state index contributed by atoms with van der Waals surface area (Å²) in [4.78, 5) is 19.6. The van der Waals surface area contributed by atoms with E-state index in [0.717, 1.165) is 42.7 Å². The average molecular weight is 522 g/mol. The highest BCUT2D eigenvalue weighted by molar-refractivity contribution is 7.90. The molecule has 2 atom stereocenters. The molecule has 0 saturated carbocycles. The van der Waals surface area contributed by atoms with E-state index in [9.17, 15) is 13.2 Å². The summed E-state index contributed by atoms with van der Waals surface area (Å²) in [5, 5.41) is 3.03. The number of nitrogens with one attached hydrogen (secondary N) is 1. The number of aromatic nitrogens is 1. The van der Waals surface area contributed by atoms with Crippen LogP contribution in [0.3, 0.4) is 0 Å². The van der Waals surface area contributed by atoms with Gasteiger partial charge in [-0.2, -0.15) is 0 Å². The third kappa shape index (κ3) is 5.47. The summed E-state index contributed by atoms with van der Waals surface area (Å²) in [7, 11) is -3.28. The van der Waals surface area contributed by atoms with Crippen LogP contribution in [-0.2, 0) is 9.84 Å². The predicted octanol–water partition coefficient (Wildman–Crippen LogP) is 3.89. The van der Waals surface area contributed by atoms with Gasteiger partial charge in [-0.25, -0.2) is 13.4 Å². The van der Waals surface area contributed by atoms with Crippen molar-refractivity contribution in [3.05, 3.63) is 83.6 Å². The van der Waals surface area contributed by atoms with Crippen molar-refractivity contribution in [2.75, 3.05) is 26.0 Å². The summed E-state index contributed by atoms with van der Waals surface area (Å²) >= 11 is 0. The van der Waals surface area contributed by atoms with Crippen LogP contribution in [0, 0.1) is 6.92 Å². The SMILES string of the molecule is Cc1ncoc1C(=O)NCC1=C(c2ccc(S(C)(=O)=O)cc2)C[C@@H]2CC[C@H]1N2CCOc1ccccc1. The van der Waals surface area contributed by atoms with Crippen LogP contribution in [0.4, 0.5) is 0 Å². The van der Waals surface area contributed by atoms with Gasteiger partial charge in [0.25, 0.3) is 5.91 Å². The maximum absolute atomic E-state index is 12.8. The molecule has 194 valence electrons. The van der Waals surface area contributed by atoms with Gasteiger partial charge in [-0.1, -0.05) is 30.3 Å². The van der Waals surface area contributed by atoms with E-state index in [1.54, 1.807) is 19.1 Å². The third-order valence-corrected chi connectivity index (χ3v) is 8.38. The average Bonchev–Trinajstić information content (AvgIpc) is 3.44. The van der Waals surface area contributed by atoms with Crippen LogP contribution < -0.4 is 10.1 Å². The molecule has 0 aliphatic carbocycles. The highest BCUT2D eigenvalue weighted by Gasteiger charge is 2.41. The quantitative estimate of drug-likeness (QED) is 0.456. The van der Waals surface area contributed by atoms with Gasteiger partial charge in [0.2, 0.25) is 5.76 Å². The molecule has 3 aromatic rings. The van der Waals surface area contributed by atoms with Crippen LogP contribution in [-0.4, -0.2) is 62.2 Å². The first-order chi connectivity index (χ1) is 17.8.